The SMILES string of the molecule is CC(NC(=O)C1C2CCC(C2)C1N)c1ccc(Cl)c(Cl)c1. The van der Waals surface area contributed by atoms with Crippen LogP contribution in [0.25, 0.3) is 0 Å². The molecule has 2 saturated carbocycles. The topological polar surface area (TPSA) is 55.1 Å². The van der Waals surface area contributed by atoms with Crippen LogP contribution in [0.3, 0.4) is 0 Å². The molecule has 5 unspecified atom stereocenters. The van der Waals surface area contributed by atoms with Crippen molar-refractivity contribution >= 4 is 29.1 Å². The van der Waals surface area contributed by atoms with Crippen LogP contribution in [-0.2, 0) is 4.79 Å². The molecule has 1 amide bonds. The van der Waals surface area contributed by atoms with E-state index in [1.807, 2.05) is 13.0 Å². The zero-order valence-electron chi connectivity index (χ0n) is 12.0. The lowest BCUT2D eigenvalue weighted by Gasteiger charge is -2.28. The van der Waals surface area contributed by atoms with Crippen LogP contribution in [0.4, 0.5) is 0 Å². The minimum absolute atomic E-state index is 0.0183. The molecule has 2 bridgehead atoms. The largest absolute Gasteiger partial charge is 0.349 e. The summed E-state index contributed by atoms with van der Waals surface area (Å²) in [5.74, 6) is 1.04. The lowest BCUT2D eigenvalue weighted by Crippen LogP contribution is -2.45. The van der Waals surface area contributed by atoms with Crippen LogP contribution in [-0.4, -0.2) is 11.9 Å². The highest BCUT2D eigenvalue weighted by molar-refractivity contribution is 6.42. The van der Waals surface area contributed by atoms with Crippen molar-refractivity contribution in [2.45, 2.75) is 38.3 Å². The first-order valence-corrected chi connectivity index (χ1v) is 8.24. The van der Waals surface area contributed by atoms with E-state index < -0.39 is 0 Å². The van der Waals surface area contributed by atoms with E-state index in [1.54, 1.807) is 12.1 Å². The molecule has 0 heterocycles. The van der Waals surface area contributed by atoms with Gasteiger partial charge in [0.25, 0.3) is 0 Å². The van der Waals surface area contributed by atoms with Crippen LogP contribution in [0, 0.1) is 17.8 Å². The number of fused-ring (bicyclic) bond motifs is 2. The minimum Gasteiger partial charge on any atom is -0.349 e. The molecule has 1 aromatic carbocycles. The highest BCUT2D eigenvalue weighted by Gasteiger charge is 2.49. The molecule has 0 aromatic heterocycles. The van der Waals surface area contributed by atoms with Gasteiger partial charge in [0.2, 0.25) is 5.91 Å². The van der Waals surface area contributed by atoms with Gasteiger partial charge in [0.1, 0.15) is 0 Å². The zero-order chi connectivity index (χ0) is 15.1. The summed E-state index contributed by atoms with van der Waals surface area (Å²) in [5.41, 5.74) is 7.18. The summed E-state index contributed by atoms with van der Waals surface area (Å²) in [5, 5.41) is 4.11. The van der Waals surface area contributed by atoms with Gasteiger partial charge in [0.15, 0.2) is 0 Å². The van der Waals surface area contributed by atoms with Crippen molar-refractivity contribution in [3.8, 4) is 0 Å². The Morgan fingerprint density at radius 3 is 2.62 bits per heavy atom. The first-order valence-electron chi connectivity index (χ1n) is 7.48. The van der Waals surface area contributed by atoms with Crippen molar-refractivity contribution in [1.82, 2.24) is 5.32 Å². The molecule has 114 valence electrons. The van der Waals surface area contributed by atoms with Crippen molar-refractivity contribution in [2.75, 3.05) is 0 Å². The third-order valence-electron chi connectivity index (χ3n) is 5.09. The number of hydrogen-bond acceptors (Lipinski definition) is 2. The smallest absolute Gasteiger partial charge is 0.225 e. The molecule has 0 radical (unpaired) electrons. The van der Waals surface area contributed by atoms with Crippen LogP contribution >= 0.6 is 23.2 Å². The summed E-state index contributed by atoms with van der Waals surface area (Å²) in [6.07, 6.45) is 3.43. The Morgan fingerprint density at radius 1 is 1.29 bits per heavy atom. The van der Waals surface area contributed by atoms with Gasteiger partial charge in [-0.05, 0) is 55.7 Å². The predicted molar refractivity (Wildman–Crippen MR) is 85.3 cm³/mol. The van der Waals surface area contributed by atoms with Crippen molar-refractivity contribution in [3.05, 3.63) is 33.8 Å². The minimum atomic E-state index is -0.0985. The highest BCUT2D eigenvalue weighted by Crippen LogP contribution is 2.47. The first-order chi connectivity index (χ1) is 9.97. The molecule has 0 aliphatic heterocycles. The molecule has 3 nitrogen and oxygen atoms in total. The monoisotopic (exact) mass is 326 g/mol. The van der Waals surface area contributed by atoms with Gasteiger partial charge in [-0.15, -0.1) is 0 Å². The van der Waals surface area contributed by atoms with Gasteiger partial charge in [-0.25, -0.2) is 0 Å². The molecular weight excluding hydrogens is 307 g/mol. The lowest BCUT2D eigenvalue weighted by molar-refractivity contribution is -0.127. The molecule has 2 aliphatic carbocycles. The molecule has 1 aromatic rings. The average Bonchev–Trinajstić information content (AvgIpc) is 3.02. The average molecular weight is 327 g/mol. The standard InChI is InChI=1S/C16H20Cl2N2O/c1-8(9-4-5-12(17)13(18)7-9)20-16(21)14-10-2-3-11(6-10)15(14)19/h4-5,7-8,10-11,14-15H,2-3,6,19H2,1H3,(H,20,21). The number of nitrogens with two attached hydrogens (primary N) is 1. The number of hydrogen-bond donors (Lipinski definition) is 2. The van der Waals surface area contributed by atoms with Crippen LogP contribution in [0.1, 0.15) is 37.8 Å². The summed E-state index contributed by atoms with van der Waals surface area (Å²) in [6.45, 7) is 1.95. The number of carbonyl (C=O) groups is 1. The Morgan fingerprint density at radius 2 is 2.00 bits per heavy atom. The fourth-order valence-corrected chi connectivity index (χ4v) is 4.21. The van der Waals surface area contributed by atoms with E-state index in [-0.39, 0.29) is 23.9 Å². The van der Waals surface area contributed by atoms with E-state index in [4.69, 9.17) is 28.9 Å². The summed E-state index contributed by atoms with van der Waals surface area (Å²) in [6, 6.07) is 5.36. The fourth-order valence-electron chi connectivity index (χ4n) is 3.90. The molecular formula is C16H20Cl2N2O. The van der Waals surface area contributed by atoms with Gasteiger partial charge in [-0.1, -0.05) is 29.3 Å². The zero-order valence-corrected chi connectivity index (χ0v) is 13.5. The maximum Gasteiger partial charge on any atom is 0.225 e. The lowest BCUT2D eigenvalue weighted by atomic mass is 9.84. The first kappa shape index (κ1) is 15.1. The van der Waals surface area contributed by atoms with Gasteiger partial charge in [0, 0.05) is 6.04 Å². The number of carbonyl (C=O) groups excluding carboxylic acids is 1. The number of amides is 1. The van der Waals surface area contributed by atoms with E-state index in [0.29, 0.717) is 21.9 Å². The number of rotatable bonds is 3. The molecule has 3 N–H and O–H groups in total. The number of nitrogens with one attached hydrogen (secondary N) is 1. The molecule has 5 heteroatoms. The van der Waals surface area contributed by atoms with E-state index in [9.17, 15) is 4.79 Å². The third kappa shape index (κ3) is 2.79. The van der Waals surface area contributed by atoms with Gasteiger partial charge >= 0.3 is 0 Å². The third-order valence-corrected chi connectivity index (χ3v) is 5.82. The van der Waals surface area contributed by atoms with Crippen LogP contribution in [0.15, 0.2) is 18.2 Å². The Hall–Kier alpha value is -0.770. The van der Waals surface area contributed by atoms with E-state index in [1.165, 1.54) is 6.42 Å². The quantitative estimate of drug-likeness (QED) is 0.892. The van der Waals surface area contributed by atoms with Crippen molar-refractivity contribution in [3.63, 3.8) is 0 Å². The molecule has 0 spiro atoms. The van der Waals surface area contributed by atoms with Crippen LogP contribution < -0.4 is 11.1 Å². The fraction of sp³-hybridized carbons (Fsp3) is 0.562. The second-order valence-electron chi connectivity index (χ2n) is 6.34. The number of halogens is 2. The maximum atomic E-state index is 12.5. The van der Waals surface area contributed by atoms with Crippen molar-refractivity contribution in [1.29, 1.82) is 0 Å². The van der Waals surface area contributed by atoms with Crippen molar-refractivity contribution < 1.29 is 4.79 Å². The van der Waals surface area contributed by atoms with Crippen LogP contribution in [0.2, 0.25) is 10.0 Å². The molecule has 2 aliphatic rings. The molecule has 3 rings (SSSR count). The summed E-state index contributed by atoms with van der Waals surface area (Å²) < 4.78 is 0. The van der Waals surface area contributed by atoms with E-state index in [0.717, 1.165) is 18.4 Å². The van der Waals surface area contributed by atoms with E-state index in [2.05, 4.69) is 5.32 Å². The Bertz CT molecular complexity index is 561. The van der Waals surface area contributed by atoms with Gasteiger partial charge in [-0.2, -0.15) is 0 Å². The second-order valence-corrected chi connectivity index (χ2v) is 7.15. The van der Waals surface area contributed by atoms with Crippen LogP contribution in [0.5, 0.6) is 0 Å². The normalized spacial score (nSPS) is 32.2. The van der Waals surface area contributed by atoms with Gasteiger partial charge in [-0.3, -0.25) is 4.79 Å². The van der Waals surface area contributed by atoms with Gasteiger partial charge in [0.05, 0.1) is 22.0 Å². The predicted octanol–water partition coefficient (Wildman–Crippen LogP) is 3.54. The molecule has 21 heavy (non-hydrogen) atoms. The highest BCUT2D eigenvalue weighted by atomic mass is 35.5. The Labute approximate surface area is 135 Å². The van der Waals surface area contributed by atoms with Crippen molar-refractivity contribution in [2.24, 2.45) is 23.5 Å². The molecule has 5 atom stereocenters. The Balaban J connectivity index is 1.68. The van der Waals surface area contributed by atoms with E-state index >= 15 is 0 Å². The molecule has 0 saturated heterocycles. The maximum absolute atomic E-state index is 12.5. The Kier molecular flexibility index (Phi) is 4.17. The second kappa shape index (κ2) is 5.79. The molecule has 2 fully saturated rings. The van der Waals surface area contributed by atoms with Gasteiger partial charge < -0.3 is 11.1 Å². The summed E-state index contributed by atoms with van der Waals surface area (Å²) in [7, 11) is 0. The number of benzene rings is 1. The summed E-state index contributed by atoms with van der Waals surface area (Å²) >= 11 is 12.0. The summed E-state index contributed by atoms with van der Waals surface area (Å²) in [4.78, 5) is 12.5.